The van der Waals surface area contributed by atoms with Crippen molar-refractivity contribution in [2.45, 2.75) is 13.8 Å². The summed E-state index contributed by atoms with van der Waals surface area (Å²) in [6.07, 6.45) is 0. The van der Waals surface area contributed by atoms with Gasteiger partial charge in [0.15, 0.2) is 5.78 Å². The minimum atomic E-state index is 0.234. The van der Waals surface area contributed by atoms with Crippen molar-refractivity contribution in [3.05, 3.63) is 20.8 Å². The number of thioether (sulfide) groups is 1. The van der Waals surface area contributed by atoms with Gasteiger partial charge < -0.3 is 0 Å². The molecule has 14 heavy (non-hydrogen) atoms. The first kappa shape index (κ1) is 12.3. The summed E-state index contributed by atoms with van der Waals surface area (Å²) in [5.41, 5.74) is 0. The predicted molar refractivity (Wildman–Crippen MR) is 68.5 cm³/mol. The molecule has 0 aliphatic rings. The second kappa shape index (κ2) is 5.93. The van der Waals surface area contributed by atoms with E-state index >= 15 is 0 Å². The molecule has 78 valence electrons. The number of thiophene rings is 1. The van der Waals surface area contributed by atoms with Gasteiger partial charge in [0.2, 0.25) is 0 Å². The standard InChI is InChI=1S/C10H13BrOS2/c1-7(2)5-13-6-9(12)10-8(11)3-4-14-10/h3-4,7H,5-6H2,1-2H3. The molecular weight excluding hydrogens is 280 g/mol. The molecule has 0 spiro atoms. The van der Waals surface area contributed by atoms with Gasteiger partial charge in [0.1, 0.15) is 0 Å². The summed E-state index contributed by atoms with van der Waals surface area (Å²) in [4.78, 5) is 12.5. The summed E-state index contributed by atoms with van der Waals surface area (Å²) in [5.74, 6) is 2.53. The Morgan fingerprint density at radius 1 is 1.64 bits per heavy atom. The monoisotopic (exact) mass is 292 g/mol. The smallest absolute Gasteiger partial charge is 0.183 e. The first-order chi connectivity index (χ1) is 6.61. The fourth-order valence-electron chi connectivity index (χ4n) is 0.946. The number of halogens is 1. The lowest BCUT2D eigenvalue weighted by molar-refractivity contribution is 0.102. The first-order valence-corrected chi connectivity index (χ1v) is 7.28. The normalized spacial score (nSPS) is 10.9. The Balaban J connectivity index is 2.40. The van der Waals surface area contributed by atoms with Crippen LogP contribution in [-0.2, 0) is 0 Å². The van der Waals surface area contributed by atoms with E-state index in [1.165, 1.54) is 11.3 Å². The molecule has 0 aromatic carbocycles. The number of carbonyl (C=O) groups excluding carboxylic acids is 1. The van der Waals surface area contributed by atoms with E-state index in [0.29, 0.717) is 11.7 Å². The van der Waals surface area contributed by atoms with Crippen LogP contribution >= 0.6 is 39.0 Å². The summed E-state index contributed by atoms with van der Waals surface area (Å²) in [6, 6.07) is 1.92. The fourth-order valence-corrected chi connectivity index (χ4v) is 3.49. The molecule has 1 aromatic rings. The molecule has 1 aromatic heterocycles. The predicted octanol–water partition coefficient (Wildman–Crippen LogP) is 4.08. The Labute approximate surface area is 101 Å². The third-order valence-electron chi connectivity index (χ3n) is 1.55. The van der Waals surface area contributed by atoms with E-state index in [1.54, 1.807) is 11.8 Å². The Kier molecular flexibility index (Phi) is 5.20. The van der Waals surface area contributed by atoms with Crippen LogP contribution in [0.25, 0.3) is 0 Å². The largest absolute Gasteiger partial charge is 0.292 e. The maximum Gasteiger partial charge on any atom is 0.183 e. The van der Waals surface area contributed by atoms with E-state index in [9.17, 15) is 4.79 Å². The third kappa shape index (κ3) is 3.75. The maximum absolute atomic E-state index is 11.7. The zero-order valence-electron chi connectivity index (χ0n) is 8.25. The van der Waals surface area contributed by atoms with Gasteiger partial charge in [0.05, 0.1) is 10.6 Å². The Hall–Kier alpha value is 0.200. The van der Waals surface area contributed by atoms with Gasteiger partial charge in [-0.3, -0.25) is 4.79 Å². The lowest BCUT2D eigenvalue weighted by atomic mass is 10.3. The quantitative estimate of drug-likeness (QED) is 0.761. The molecule has 0 amide bonds. The van der Waals surface area contributed by atoms with Crippen molar-refractivity contribution < 1.29 is 4.79 Å². The number of carbonyl (C=O) groups is 1. The summed E-state index contributed by atoms with van der Waals surface area (Å²) in [6.45, 7) is 4.33. The average Bonchev–Trinajstić information content (AvgIpc) is 2.50. The molecule has 1 heterocycles. The van der Waals surface area contributed by atoms with Crippen LogP contribution in [0.15, 0.2) is 15.9 Å². The molecule has 0 saturated heterocycles. The van der Waals surface area contributed by atoms with Gasteiger partial charge in [-0.1, -0.05) is 13.8 Å². The first-order valence-electron chi connectivity index (χ1n) is 4.45. The molecule has 0 aliphatic carbocycles. The lowest BCUT2D eigenvalue weighted by Gasteiger charge is -2.02. The maximum atomic E-state index is 11.7. The molecule has 0 bridgehead atoms. The number of hydrogen-bond donors (Lipinski definition) is 0. The highest BCUT2D eigenvalue weighted by atomic mass is 79.9. The van der Waals surface area contributed by atoms with Gasteiger partial charge in [-0.25, -0.2) is 0 Å². The van der Waals surface area contributed by atoms with E-state index in [-0.39, 0.29) is 5.78 Å². The fraction of sp³-hybridized carbons (Fsp3) is 0.500. The minimum absolute atomic E-state index is 0.234. The Morgan fingerprint density at radius 3 is 2.86 bits per heavy atom. The van der Waals surface area contributed by atoms with Crippen molar-refractivity contribution in [2.75, 3.05) is 11.5 Å². The number of rotatable bonds is 5. The van der Waals surface area contributed by atoms with E-state index in [0.717, 1.165) is 15.1 Å². The van der Waals surface area contributed by atoms with Gasteiger partial charge >= 0.3 is 0 Å². The molecule has 0 unspecified atom stereocenters. The van der Waals surface area contributed by atoms with Crippen LogP contribution in [0.2, 0.25) is 0 Å². The summed E-state index contributed by atoms with van der Waals surface area (Å²) >= 11 is 6.59. The Morgan fingerprint density at radius 2 is 2.36 bits per heavy atom. The van der Waals surface area contributed by atoms with Crippen LogP contribution in [0.5, 0.6) is 0 Å². The van der Waals surface area contributed by atoms with Crippen LogP contribution in [-0.4, -0.2) is 17.3 Å². The van der Waals surface area contributed by atoms with E-state index in [4.69, 9.17) is 0 Å². The molecule has 4 heteroatoms. The van der Waals surface area contributed by atoms with Crippen molar-refractivity contribution in [3.63, 3.8) is 0 Å². The zero-order chi connectivity index (χ0) is 10.6. The van der Waals surface area contributed by atoms with Gasteiger partial charge in [0.25, 0.3) is 0 Å². The topological polar surface area (TPSA) is 17.1 Å². The van der Waals surface area contributed by atoms with Gasteiger partial charge in [-0.05, 0) is 39.0 Å². The van der Waals surface area contributed by atoms with E-state index in [2.05, 4.69) is 29.8 Å². The van der Waals surface area contributed by atoms with Gasteiger partial charge in [0, 0.05) is 4.47 Å². The summed E-state index contributed by atoms with van der Waals surface area (Å²) in [5, 5.41) is 1.93. The highest BCUT2D eigenvalue weighted by molar-refractivity contribution is 9.10. The van der Waals surface area contributed by atoms with Crippen LogP contribution < -0.4 is 0 Å². The van der Waals surface area contributed by atoms with Crippen LogP contribution in [0, 0.1) is 5.92 Å². The summed E-state index contributed by atoms with van der Waals surface area (Å²) in [7, 11) is 0. The Bertz CT molecular complexity index is 307. The highest BCUT2D eigenvalue weighted by Crippen LogP contribution is 2.24. The molecular formula is C10H13BrOS2. The molecule has 1 rings (SSSR count). The minimum Gasteiger partial charge on any atom is -0.292 e. The highest BCUT2D eigenvalue weighted by Gasteiger charge is 2.11. The third-order valence-corrected chi connectivity index (χ3v) is 4.80. The van der Waals surface area contributed by atoms with E-state index in [1.807, 2.05) is 11.4 Å². The van der Waals surface area contributed by atoms with Crippen LogP contribution in [0.1, 0.15) is 23.5 Å². The van der Waals surface area contributed by atoms with Crippen LogP contribution in [0.4, 0.5) is 0 Å². The molecule has 0 saturated carbocycles. The van der Waals surface area contributed by atoms with Gasteiger partial charge in [-0.2, -0.15) is 11.8 Å². The molecule has 0 atom stereocenters. The number of hydrogen-bond acceptors (Lipinski definition) is 3. The van der Waals surface area contributed by atoms with Crippen molar-refractivity contribution in [1.82, 2.24) is 0 Å². The molecule has 0 aliphatic heterocycles. The van der Waals surface area contributed by atoms with Crippen molar-refractivity contribution in [2.24, 2.45) is 5.92 Å². The van der Waals surface area contributed by atoms with Crippen LogP contribution in [0.3, 0.4) is 0 Å². The van der Waals surface area contributed by atoms with Crippen molar-refractivity contribution >= 4 is 44.8 Å². The average molecular weight is 293 g/mol. The molecule has 1 nitrogen and oxygen atoms in total. The number of ketones is 1. The van der Waals surface area contributed by atoms with Crippen molar-refractivity contribution in [1.29, 1.82) is 0 Å². The lowest BCUT2D eigenvalue weighted by Crippen LogP contribution is -2.03. The second-order valence-corrected chi connectivity index (χ2v) is 6.23. The molecule has 0 radical (unpaired) electrons. The molecule has 0 fully saturated rings. The molecule has 0 N–H and O–H groups in total. The zero-order valence-corrected chi connectivity index (χ0v) is 11.5. The SMILES string of the molecule is CC(C)CSCC(=O)c1sccc1Br. The van der Waals surface area contributed by atoms with Crippen molar-refractivity contribution in [3.8, 4) is 0 Å². The van der Waals surface area contributed by atoms with Gasteiger partial charge in [-0.15, -0.1) is 11.3 Å². The number of Topliss-reactive ketones (excluding diaryl/α,β-unsaturated/α-hetero) is 1. The summed E-state index contributed by atoms with van der Waals surface area (Å²) < 4.78 is 0.928. The van der Waals surface area contributed by atoms with E-state index < -0.39 is 0 Å². The second-order valence-electron chi connectivity index (χ2n) is 3.43.